The van der Waals surface area contributed by atoms with Crippen LogP contribution in [0, 0.1) is 0 Å². The summed E-state index contributed by atoms with van der Waals surface area (Å²) in [5, 5.41) is 0. The maximum absolute atomic E-state index is 11.1. The maximum Gasteiger partial charge on any atom is 0.333 e. The smallest absolute Gasteiger partial charge is 0.333 e. The van der Waals surface area contributed by atoms with Crippen molar-refractivity contribution in [2.75, 3.05) is 14.2 Å². The second-order valence-electron chi connectivity index (χ2n) is 4.12. The minimum Gasteiger partial charge on any atom is -0.497 e. The van der Waals surface area contributed by atoms with Gasteiger partial charge in [0.1, 0.15) is 17.3 Å². The summed E-state index contributed by atoms with van der Waals surface area (Å²) in [6.07, 6.45) is 4.85. The molecule has 19 heavy (non-hydrogen) atoms. The lowest BCUT2D eigenvalue weighted by molar-refractivity contribution is -0.135. The molecule has 4 heteroatoms. The number of allylic oxidation sites excluding steroid dienone is 2. The monoisotopic (exact) mass is 260 g/mol. The average Bonchev–Trinajstić information content (AvgIpc) is 2.86. The number of hydrogen-bond acceptors (Lipinski definition) is 4. The number of carbonyl (C=O) groups is 1. The van der Waals surface area contributed by atoms with Crippen molar-refractivity contribution in [3.8, 4) is 5.75 Å². The topological polar surface area (TPSA) is 44.8 Å². The molecule has 0 saturated carbocycles. The van der Waals surface area contributed by atoms with Crippen LogP contribution in [0.4, 0.5) is 0 Å². The van der Waals surface area contributed by atoms with Gasteiger partial charge in [-0.25, -0.2) is 4.79 Å². The Morgan fingerprint density at radius 1 is 1.16 bits per heavy atom. The van der Waals surface area contributed by atoms with E-state index in [9.17, 15) is 4.79 Å². The molecule has 1 fully saturated rings. The predicted octanol–water partition coefficient (Wildman–Crippen LogP) is 2.90. The molecule has 0 atom stereocenters. The van der Waals surface area contributed by atoms with Crippen LogP contribution in [-0.2, 0) is 14.3 Å². The molecule has 2 rings (SSSR count). The van der Waals surface area contributed by atoms with Gasteiger partial charge in [0.05, 0.1) is 20.3 Å². The van der Waals surface area contributed by atoms with Crippen molar-refractivity contribution >= 4 is 12.0 Å². The highest BCUT2D eigenvalue weighted by Crippen LogP contribution is 2.28. The van der Waals surface area contributed by atoms with E-state index in [1.807, 2.05) is 30.3 Å². The normalized spacial score (nSPS) is 18.4. The van der Waals surface area contributed by atoms with E-state index in [-0.39, 0.29) is 5.97 Å². The first kappa shape index (κ1) is 13.2. The van der Waals surface area contributed by atoms with Crippen LogP contribution >= 0.6 is 0 Å². The number of benzene rings is 1. The van der Waals surface area contributed by atoms with Gasteiger partial charge in [0.25, 0.3) is 0 Å². The molecule has 0 amide bonds. The average molecular weight is 260 g/mol. The first-order chi connectivity index (χ1) is 9.21. The van der Waals surface area contributed by atoms with Crippen LogP contribution in [0.3, 0.4) is 0 Å². The standard InChI is InChI=1S/C15H16O4/c1-17-12-5-3-11(4-6-12)9-13-7-8-14(19-13)10-15(16)18-2/h3-6,9-10H,7-8H2,1-2H3/b13-9+,14-10+. The Balaban J connectivity index is 2.05. The van der Waals surface area contributed by atoms with Gasteiger partial charge in [-0.15, -0.1) is 0 Å². The molecule has 0 spiro atoms. The van der Waals surface area contributed by atoms with Crippen molar-refractivity contribution in [3.63, 3.8) is 0 Å². The Morgan fingerprint density at radius 2 is 1.84 bits per heavy atom. The van der Waals surface area contributed by atoms with Crippen LogP contribution in [-0.4, -0.2) is 20.2 Å². The number of ether oxygens (including phenoxy) is 3. The van der Waals surface area contributed by atoms with Crippen molar-refractivity contribution < 1.29 is 19.0 Å². The SMILES string of the molecule is COC(=O)/C=C1\CC/C(=C\c2ccc(OC)cc2)O1. The van der Waals surface area contributed by atoms with E-state index < -0.39 is 0 Å². The Hall–Kier alpha value is -2.23. The molecular formula is C15H16O4. The van der Waals surface area contributed by atoms with Crippen molar-refractivity contribution in [2.24, 2.45) is 0 Å². The van der Waals surface area contributed by atoms with Crippen molar-refractivity contribution in [1.82, 2.24) is 0 Å². The lowest BCUT2D eigenvalue weighted by atomic mass is 10.1. The Labute approximate surface area is 112 Å². The number of methoxy groups -OCH3 is 2. The van der Waals surface area contributed by atoms with E-state index in [0.717, 1.165) is 29.9 Å². The zero-order chi connectivity index (χ0) is 13.7. The summed E-state index contributed by atoms with van der Waals surface area (Å²) in [6, 6.07) is 7.70. The Morgan fingerprint density at radius 3 is 2.47 bits per heavy atom. The van der Waals surface area contributed by atoms with Crippen LogP contribution < -0.4 is 4.74 Å². The first-order valence-corrected chi connectivity index (χ1v) is 6.02. The predicted molar refractivity (Wildman–Crippen MR) is 71.4 cm³/mol. The quantitative estimate of drug-likeness (QED) is 0.619. The van der Waals surface area contributed by atoms with Gasteiger partial charge in [0.2, 0.25) is 0 Å². The van der Waals surface area contributed by atoms with E-state index in [2.05, 4.69) is 4.74 Å². The van der Waals surface area contributed by atoms with Gasteiger partial charge in [-0.05, 0) is 23.8 Å². The molecule has 100 valence electrons. The van der Waals surface area contributed by atoms with E-state index >= 15 is 0 Å². The molecule has 0 aromatic heterocycles. The van der Waals surface area contributed by atoms with Gasteiger partial charge in [0.15, 0.2) is 0 Å². The zero-order valence-electron chi connectivity index (χ0n) is 11.0. The summed E-state index contributed by atoms with van der Waals surface area (Å²) in [6.45, 7) is 0. The summed E-state index contributed by atoms with van der Waals surface area (Å²) in [5.74, 6) is 1.92. The van der Waals surface area contributed by atoms with Crippen LogP contribution in [0.1, 0.15) is 18.4 Å². The van der Waals surface area contributed by atoms with Crippen molar-refractivity contribution in [2.45, 2.75) is 12.8 Å². The molecule has 1 heterocycles. The van der Waals surface area contributed by atoms with Crippen LogP contribution in [0.2, 0.25) is 0 Å². The van der Waals surface area contributed by atoms with Gasteiger partial charge in [-0.2, -0.15) is 0 Å². The van der Waals surface area contributed by atoms with E-state index in [1.165, 1.54) is 13.2 Å². The Bertz CT molecular complexity index is 511. The summed E-state index contributed by atoms with van der Waals surface area (Å²) in [7, 11) is 2.99. The molecule has 0 bridgehead atoms. The largest absolute Gasteiger partial charge is 0.497 e. The van der Waals surface area contributed by atoms with Gasteiger partial charge in [-0.1, -0.05) is 12.1 Å². The van der Waals surface area contributed by atoms with Gasteiger partial charge in [0, 0.05) is 12.8 Å². The number of carbonyl (C=O) groups excluding carboxylic acids is 1. The van der Waals surface area contributed by atoms with Gasteiger partial charge in [-0.3, -0.25) is 0 Å². The summed E-state index contributed by atoms with van der Waals surface area (Å²) in [4.78, 5) is 11.1. The highest BCUT2D eigenvalue weighted by atomic mass is 16.5. The third kappa shape index (κ3) is 3.61. The first-order valence-electron chi connectivity index (χ1n) is 6.02. The van der Waals surface area contributed by atoms with Gasteiger partial charge < -0.3 is 14.2 Å². The van der Waals surface area contributed by atoms with Crippen molar-refractivity contribution in [3.05, 3.63) is 47.4 Å². The lowest BCUT2D eigenvalue weighted by Crippen LogP contribution is -1.96. The van der Waals surface area contributed by atoms with E-state index in [4.69, 9.17) is 9.47 Å². The minimum absolute atomic E-state index is 0.388. The number of hydrogen-bond donors (Lipinski definition) is 0. The molecule has 1 aliphatic rings. The maximum atomic E-state index is 11.1. The Kier molecular flexibility index (Phi) is 4.23. The van der Waals surface area contributed by atoms with Crippen LogP contribution in [0.5, 0.6) is 5.75 Å². The molecule has 1 aliphatic heterocycles. The van der Waals surface area contributed by atoms with Gasteiger partial charge >= 0.3 is 5.97 Å². The van der Waals surface area contributed by atoms with Crippen LogP contribution in [0.15, 0.2) is 41.9 Å². The molecule has 0 unspecified atom stereocenters. The summed E-state index contributed by atoms with van der Waals surface area (Å²) >= 11 is 0. The summed E-state index contributed by atoms with van der Waals surface area (Å²) in [5.41, 5.74) is 1.04. The molecule has 4 nitrogen and oxygen atoms in total. The fourth-order valence-electron chi connectivity index (χ4n) is 1.80. The fourth-order valence-corrected chi connectivity index (χ4v) is 1.80. The second-order valence-corrected chi connectivity index (χ2v) is 4.12. The van der Waals surface area contributed by atoms with Crippen molar-refractivity contribution in [1.29, 1.82) is 0 Å². The third-order valence-corrected chi connectivity index (χ3v) is 2.80. The number of esters is 1. The van der Waals surface area contributed by atoms with E-state index in [1.54, 1.807) is 7.11 Å². The molecule has 1 aromatic rings. The number of rotatable bonds is 3. The second kappa shape index (κ2) is 6.09. The summed E-state index contributed by atoms with van der Waals surface area (Å²) < 4.78 is 15.2. The molecular weight excluding hydrogens is 244 g/mol. The molecule has 1 aromatic carbocycles. The molecule has 0 N–H and O–H groups in total. The highest BCUT2D eigenvalue weighted by molar-refractivity contribution is 5.82. The highest BCUT2D eigenvalue weighted by Gasteiger charge is 2.15. The molecule has 1 saturated heterocycles. The van der Waals surface area contributed by atoms with E-state index in [0.29, 0.717) is 5.76 Å². The zero-order valence-corrected chi connectivity index (χ0v) is 11.0. The fraction of sp³-hybridized carbons (Fsp3) is 0.267. The molecule has 0 aliphatic carbocycles. The minimum atomic E-state index is -0.388. The third-order valence-electron chi connectivity index (χ3n) is 2.80. The lowest BCUT2D eigenvalue weighted by Gasteiger charge is -2.02. The van der Waals surface area contributed by atoms with Crippen LogP contribution in [0.25, 0.3) is 6.08 Å². The molecule has 0 radical (unpaired) electrons.